The predicted octanol–water partition coefficient (Wildman–Crippen LogP) is -1.18. The molecule has 0 spiro atoms. The summed E-state index contributed by atoms with van der Waals surface area (Å²) in [5.41, 5.74) is 11.6. The Kier molecular flexibility index (Phi) is 9.91. The van der Waals surface area contributed by atoms with Crippen LogP contribution in [-0.2, 0) is 29.6 Å². The first-order valence-electron chi connectivity index (χ1n) is 11.6. The van der Waals surface area contributed by atoms with Gasteiger partial charge in [-0.3, -0.25) is 0 Å². The van der Waals surface area contributed by atoms with E-state index >= 15 is 0 Å². The van der Waals surface area contributed by atoms with E-state index in [2.05, 4.69) is 151 Å². The van der Waals surface area contributed by atoms with Gasteiger partial charge in [-0.05, 0) is 0 Å². The molecule has 0 aromatic heterocycles. The van der Waals surface area contributed by atoms with Crippen molar-refractivity contribution >= 4 is 6.08 Å². The number of hydrogen-bond acceptors (Lipinski definition) is 0. The first-order valence-corrected chi connectivity index (χ1v) is 12.4. The molecule has 0 saturated heterocycles. The molecule has 36 heavy (non-hydrogen) atoms. The molecule has 1 aliphatic carbocycles. The third-order valence-electron chi connectivity index (χ3n) is 7.24. The zero-order chi connectivity index (χ0) is 23.2. The smallest absolute Gasteiger partial charge is 1.00 e. The molecule has 0 bridgehead atoms. The average Bonchev–Trinajstić information content (AvgIpc) is 3.06. The van der Waals surface area contributed by atoms with E-state index in [9.17, 15) is 0 Å². The van der Waals surface area contributed by atoms with Gasteiger partial charge < -0.3 is 37.2 Å². The van der Waals surface area contributed by atoms with Crippen LogP contribution in [0.1, 0.15) is 51.4 Å². The third kappa shape index (κ3) is 4.64. The fourth-order valence-corrected chi connectivity index (χ4v) is 6.94. The standard InChI is InChI=1S/C32H29.3ClH.Ti/c1-22-10-7-14-27(18-22)32(28-15-8-11-23(2)19-28,29-16-9-12-24(3)20-29)31-25(4)21-26-13-5-6-17-30(26)31;;;;/h5-21H,1-4H3;3*1H;/q;;;;+3/p-3. The molecule has 1 aliphatic rings. The monoisotopic (exact) mass is 566 g/mol. The summed E-state index contributed by atoms with van der Waals surface area (Å²) >= 11 is 2.46. The van der Waals surface area contributed by atoms with Gasteiger partial charge in [-0.15, -0.1) is 0 Å². The average molecular weight is 568 g/mol. The van der Waals surface area contributed by atoms with E-state index in [1.54, 1.807) is 0 Å². The summed E-state index contributed by atoms with van der Waals surface area (Å²) in [5.74, 6) is 0. The summed E-state index contributed by atoms with van der Waals surface area (Å²) in [7, 11) is 0. The molecular weight excluding hydrogens is 539 g/mol. The first kappa shape index (κ1) is 30.4. The number of fused-ring (bicyclic) bond motifs is 1. The summed E-state index contributed by atoms with van der Waals surface area (Å²) in [6.07, 6.45) is 2.39. The van der Waals surface area contributed by atoms with Gasteiger partial charge in [-0.2, -0.15) is 0 Å². The van der Waals surface area contributed by atoms with Crippen molar-refractivity contribution in [2.24, 2.45) is 0 Å². The molecule has 1 unspecified atom stereocenters. The number of halogens is 3. The molecule has 0 radical (unpaired) electrons. The third-order valence-corrected chi connectivity index (χ3v) is 8.87. The molecule has 182 valence electrons. The molecule has 0 aliphatic heterocycles. The van der Waals surface area contributed by atoms with Crippen LogP contribution in [0.4, 0.5) is 0 Å². The molecule has 0 N–H and O–H groups in total. The van der Waals surface area contributed by atoms with Crippen LogP contribution in [0.25, 0.3) is 6.08 Å². The first-order chi connectivity index (χ1) is 15.9. The minimum atomic E-state index is -0.385. The van der Waals surface area contributed by atoms with Crippen molar-refractivity contribution < 1.29 is 57.7 Å². The second kappa shape index (κ2) is 11.7. The Bertz CT molecular complexity index is 1280. The van der Waals surface area contributed by atoms with Gasteiger partial charge in [-0.1, -0.05) is 0 Å². The zero-order valence-electron chi connectivity index (χ0n) is 20.9. The molecule has 1 atom stereocenters. The number of rotatable bonds is 4. The molecule has 4 aromatic carbocycles. The molecule has 0 fully saturated rings. The van der Waals surface area contributed by atoms with Crippen LogP contribution in [0.5, 0.6) is 0 Å². The normalized spacial score (nSPS) is 16.1. The molecule has 4 aromatic rings. The Labute approximate surface area is 246 Å². The number of benzene rings is 4. The van der Waals surface area contributed by atoms with Crippen molar-refractivity contribution in [2.75, 3.05) is 0 Å². The summed E-state index contributed by atoms with van der Waals surface area (Å²) in [6.45, 7) is 8.92. The largest absolute Gasteiger partial charge is 1.00 e. The van der Waals surface area contributed by atoms with Crippen molar-refractivity contribution in [3.63, 3.8) is 0 Å². The maximum Gasteiger partial charge on any atom is -1.00 e. The predicted molar refractivity (Wildman–Crippen MR) is 135 cm³/mol. The van der Waals surface area contributed by atoms with Crippen molar-refractivity contribution in [3.8, 4) is 0 Å². The Morgan fingerprint density at radius 3 is 1.39 bits per heavy atom. The molecule has 0 nitrogen and oxygen atoms in total. The molecule has 0 heterocycles. The van der Waals surface area contributed by atoms with Crippen LogP contribution in [-0.4, -0.2) is 0 Å². The van der Waals surface area contributed by atoms with E-state index in [0.29, 0.717) is 0 Å². The van der Waals surface area contributed by atoms with Crippen LogP contribution in [0.15, 0.2) is 103 Å². The summed E-state index contributed by atoms with van der Waals surface area (Å²) in [4.78, 5) is 0. The van der Waals surface area contributed by atoms with Gasteiger partial charge in [0, 0.05) is 0 Å². The van der Waals surface area contributed by atoms with E-state index in [4.69, 9.17) is 0 Å². The van der Waals surface area contributed by atoms with Crippen LogP contribution in [0.3, 0.4) is 0 Å². The fourth-order valence-electron chi connectivity index (χ4n) is 5.80. The van der Waals surface area contributed by atoms with Gasteiger partial charge in [0.2, 0.25) is 0 Å². The van der Waals surface area contributed by atoms with E-state index in [-0.39, 0.29) is 46.4 Å². The number of allylic oxidation sites excluding steroid dienone is 1. The van der Waals surface area contributed by atoms with E-state index in [0.717, 1.165) is 0 Å². The molecule has 0 amide bonds. The Morgan fingerprint density at radius 2 is 0.972 bits per heavy atom. The second-order valence-electron chi connectivity index (χ2n) is 9.52. The SMILES string of the molecule is CC1=Cc2ccccc2[C]1([Ti+3])C(c1cccc(C)c1)(c1cccc(C)c1)c1cccc(C)c1.[Cl-].[Cl-].[Cl-]. The molecular formula is C32H29Cl3Ti. The molecule has 0 saturated carbocycles. The van der Waals surface area contributed by atoms with Crippen LogP contribution >= 0.6 is 0 Å². The second-order valence-corrected chi connectivity index (χ2v) is 10.7. The molecule has 4 heteroatoms. The van der Waals surface area contributed by atoms with Crippen LogP contribution in [0.2, 0.25) is 0 Å². The van der Waals surface area contributed by atoms with Crippen LogP contribution < -0.4 is 37.2 Å². The molecule has 5 rings (SSSR count). The van der Waals surface area contributed by atoms with E-state index in [1.807, 2.05) is 0 Å². The van der Waals surface area contributed by atoms with Crippen molar-refractivity contribution in [1.82, 2.24) is 0 Å². The van der Waals surface area contributed by atoms with Gasteiger partial charge in [-0.25, -0.2) is 0 Å². The van der Waals surface area contributed by atoms with Gasteiger partial charge in [0.25, 0.3) is 0 Å². The topological polar surface area (TPSA) is 0 Å². The maximum absolute atomic E-state index is 2.46. The van der Waals surface area contributed by atoms with Crippen molar-refractivity contribution in [1.29, 1.82) is 0 Å². The van der Waals surface area contributed by atoms with E-state index in [1.165, 1.54) is 50.1 Å². The van der Waals surface area contributed by atoms with Crippen LogP contribution in [0, 0.1) is 20.8 Å². The van der Waals surface area contributed by atoms with Gasteiger partial charge in [0.05, 0.1) is 0 Å². The van der Waals surface area contributed by atoms with Crippen molar-refractivity contribution in [3.05, 3.63) is 147 Å². The zero-order valence-corrected chi connectivity index (χ0v) is 24.8. The minimum absolute atomic E-state index is 0. The number of aryl methyl sites for hydroxylation is 3. The Hall–Kier alpha value is -1.80. The van der Waals surface area contributed by atoms with E-state index < -0.39 is 0 Å². The number of hydrogen-bond donors (Lipinski definition) is 0. The quantitative estimate of drug-likeness (QED) is 0.215. The van der Waals surface area contributed by atoms with Gasteiger partial charge in [0.15, 0.2) is 0 Å². The minimum Gasteiger partial charge on any atom is -1.00 e. The van der Waals surface area contributed by atoms with Crippen molar-refractivity contribution in [2.45, 2.75) is 36.8 Å². The van der Waals surface area contributed by atoms with Gasteiger partial charge >= 0.3 is 210 Å². The van der Waals surface area contributed by atoms with Gasteiger partial charge in [0.1, 0.15) is 0 Å². The summed E-state index contributed by atoms with van der Waals surface area (Å²) in [6, 6.07) is 36.4. The fraction of sp³-hybridized carbons (Fsp3) is 0.188. The maximum atomic E-state index is 2.46. The summed E-state index contributed by atoms with van der Waals surface area (Å²) < 4.78 is -0.251. The summed E-state index contributed by atoms with van der Waals surface area (Å²) in [5, 5.41) is 0. The Balaban J connectivity index is 0.00000152. The Morgan fingerprint density at radius 1 is 0.556 bits per heavy atom.